The second-order valence-electron chi connectivity index (χ2n) is 4.75. The van der Waals surface area contributed by atoms with Crippen LogP contribution < -0.4 is 4.90 Å². The molecule has 0 aromatic heterocycles. The minimum atomic E-state index is -0.295. The largest absolute Gasteiger partial charge is 0.373 e. The van der Waals surface area contributed by atoms with Gasteiger partial charge in [-0.25, -0.2) is 0 Å². The fourth-order valence-electron chi connectivity index (χ4n) is 1.73. The Hall–Kier alpha value is -1.31. The molecule has 2 heteroatoms. The van der Waals surface area contributed by atoms with Crippen molar-refractivity contribution in [1.29, 1.82) is 0 Å². The third-order valence-electron chi connectivity index (χ3n) is 2.49. The first-order valence-electron chi connectivity index (χ1n) is 5.19. The molecule has 0 heterocycles. The fraction of sp³-hybridized carbons (Fsp3) is 0.462. The van der Waals surface area contributed by atoms with E-state index >= 15 is 0 Å². The van der Waals surface area contributed by atoms with Gasteiger partial charge < -0.3 is 9.69 Å². The summed E-state index contributed by atoms with van der Waals surface area (Å²) in [5, 5.41) is 0. The maximum absolute atomic E-state index is 10.9. The molecule has 0 N–H and O–H groups in total. The molecule has 0 atom stereocenters. The maximum Gasteiger partial charge on any atom is 0.127 e. The van der Waals surface area contributed by atoms with Crippen molar-refractivity contribution in [3.05, 3.63) is 29.8 Å². The van der Waals surface area contributed by atoms with Crippen LogP contribution in [0.15, 0.2) is 24.3 Å². The van der Waals surface area contributed by atoms with Gasteiger partial charge >= 0.3 is 0 Å². The van der Waals surface area contributed by atoms with E-state index in [4.69, 9.17) is 0 Å². The number of aldehydes is 1. The van der Waals surface area contributed by atoms with Gasteiger partial charge in [-0.1, -0.05) is 32.0 Å². The Balaban J connectivity index is 2.82. The third-order valence-corrected chi connectivity index (χ3v) is 2.49. The van der Waals surface area contributed by atoms with Gasteiger partial charge in [-0.15, -0.1) is 0 Å². The molecule has 0 saturated heterocycles. The summed E-state index contributed by atoms with van der Waals surface area (Å²) in [7, 11) is 2.02. The first-order chi connectivity index (χ1) is 6.96. The monoisotopic (exact) mass is 205 g/mol. The second-order valence-corrected chi connectivity index (χ2v) is 4.75. The van der Waals surface area contributed by atoms with E-state index in [0.717, 1.165) is 12.8 Å². The van der Waals surface area contributed by atoms with Crippen LogP contribution in [-0.4, -0.2) is 19.9 Å². The van der Waals surface area contributed by atoms with E-state index in [1.165, 1.54) is 11.3 Å². The lowest BCUT2D eigenvalue weighted by molar-refractivity contribution is -0.114. The van der Waals surface area contributed by atoms with E-state index in [-0.39, 0.29) is 5.41 Å². The van der Waals surface area contributed by atoms with Crippen molar-refractivity contribution in [2.24, 2.45) is 5.41 Å². The summed E-state index contributed by atoms with van der Waals surface area (Å²) >= 11 is 0. The van der Waals surface area contributed by atoms with Crippen LogP contribution in [-0.2, 0) is 4.79 Å². The van der Waals surface area contributed by atoms with Crippen LogP contribution in [0, 0.1) is 12.3 Å². The topological polar surface area (TPSA) is 20.3 Å². The zero-order valence-electron chi connectivity index (χ0n) is 9.95. The van der Waals surface area contributed by atoms with Gasteiger partial charge in [0, 0.05) is 24.7 Å². The van der Waals surface area contributed by atoms with E-state index in [9.17, 15) is 4.79 Å². The van der Waals surface area contributed by atoms with Gasteiger partial charge in [-0.2, -0.15) is 0 Å². The minimum Gasteiger partial charge on any atom is -0.373 e. The first-order valence-corrected chi connectivity index (χ1v) is 5.19. The molecular formula is C13H19NO. The number of hydrogen-bond donors (Lipinski definition) is 0. The Kier molecular flexibility index (Phi) is 3.51. The summed E-state index contributed by atoms with van der Waals surface area (Å²) in [5.41, 5.74) is 2.13. The van der Waals surface area contributed by atoms with Gasteiger partial charge in [0.1, 0.15) is 6.29 Å². The smallest absolute Gasteiger partial charge is 0.127 e. The highest BCUT2D eigenvalue weighted by Gasteiger charge is 2.19. The molecule has 0 aliphatic rings. The standard InChI is InChI=1S/C13H19NO/c1-11-7-5-6-8-12(11)14(4)9-13(2,3)10-15/h5-8,10H,9H2,1-4H3. The van der Waals surface area contributed by atoms with Gasteiger partial charge in [0.25, 0.3) is 0 Å². The Morgan fingerprint density at radius 2 is 1.93 bits per heavy atom. The second kappa shape index (κ2) is 4.47. The van der Waals surface area contributed by atoms with Crippen LogP contribution in [0.2, 0.25) is 0 Å². The summed E-state index contributed by atoms with van der Waals surface area (Å²) in [6.45, 7) is 6.73. The zero-order valence-corrected chi connectivity index (χ0v) is 9.95. The number of carbonyl (C=O) groups excluding carboxylic acids is 1. The van der Waals surface area contributed by atoms with Gasteiger partial charge in [0.15, 0.2) is 0 Å². The molecular weight excluding hydrogens is 186 g/mol. The SMILES string of the molecule is Cc1ccccc1N(C)CC(C)(C)C=O. The summed E-state index contributed by atoms with van der Waals surface area (Å²) in [6.07, 6.45) is 1.02. The molecule has 0 unspecified atom stereocenters. The maximum atomic E-state index is 10.9. The molecule has 0 spiro atoms. The van der Waals surface area contributed by atoms with E-state index in [1.54, 1.807) is 0 Å². The van der Waals surface area contributed by atoms with Crippen molar-refractivity contribution in [3.63, 3.8) is 0 Å². The Morgan fingerprint density at radius 3 is 2.47 bits per heavy atom. The van der Waals surface area contributed by atoms with Crippen molar-refractivity contribution < 1.29 is 4.79 Å². The molecule has 1 aromatic carbocycles. The predicted octanol–water partition coefficient (Wildman–Crippen LogP) is 2.66. The molecule has 0 fully saturated rings. The van der Waals surface area contributed by atoms with Crippen LogP contribution in [0.5, 0.6) is 0 Å². The number of aryl methyl sites for hydroxylation is 1. The number of carbonyl (C=O) groups is 1. The summed E-state index contributed by atoms with van der Waals surface area (Å²) in [5.74, 6) is 0. The number of nitrogens with zero attached hydrogens (tertiary/aromatic N) is 1. The molecule has 1 aromatic rings. The highest BCUT2D eigenvalue weighted by atomic mass is 16.1. The molecule has 0 saturated carbocycles. The van der Waals surface area contributed by atoms with E-state index < -0.39 is 0 Å². The molecule has 2 nitrogen and oxygen atoms in total. The summed E-state index contributed by atoms with van der Waals surface area (Å²) < 4.78 is 0. The molecule has 0 aliphatic heterocycles. The van der Waals surface area contributed by atoms with Crippen molar-refractivity contribution in [3.8, 4) is 0 Å². The fourth-order valence-corrected chi connectivity index (χ4v) is 1.73. The lowest BCUT2D eigenvalue weighted by Crippen LogP contribution is -2.32. The Morgan fingerprint density at radius 1 is 1.33 bits per heavy atom. The molecule has 0 bridgehead atoms. The summed E-state index contributed by atoms with van der Waals surface area (Å²) in [4.78, 5) is 13.0. The van der Waals surface area contributed by atoms with Crippen LogP contribution in [0.25, 0.3) is 0 Å². The highest BCUT2D eigenvalue weighted by Crippen LogP contribution is 2.22. The van der Waals surface area contributed by atoms with E-state index in [1.807, 2.05) is 33.0 Å². The van der Waals surface area contributed by atoms with Crippen LogP contribution >= 0.6 is 0 Å². The Labute approximate surface area is 91.9 Å². The molecule has 0 amide bonds. The van der Waals surface area contributed by atoms with E-state index in [0.29, 0.717) is 0 Å². The third kappa shape index (κ3) is 3.08. The van der Waals surface area contributed by atoms with Gasteiger partial charge in [0.05, 0.1) is 0 Å². The predicted molar refractivity (Wildman–Crippen MR) is 64.3 cm³/mol. The highest BCUT2D eigenvalue weighted by molar-refractivity contribution is 5.61. The van der Waals surface area contributed by atoms with Gasteiger partial charge in [-0.05, 0) is 18.6 Å². The van der Waals surface area contributed by atoms with Crippen molar-refractivity contribution >= 4 is 12.0 Å². The molecule has 15 heavy (non-hydrogen) atoms. The van der Waals surface area contributed by atoms with Crippen molar-refractivity contribution in [2.45, 2.75) is 20.8 Å². The number of para-hydroxylation sites is 1. The zero-order chi connectivity index (χ0) is 11.5. The summed E-state index contributed by atoms with van der Waals surface area (Å²) in [6, 6.07) is 8.21. The molecule has 0 aliphatic carbocycles. The van der Waals surface area contributed by atoms with Crippen molar-refractivity contribution in [1.82, 2.24) is 0 Å². The average Bonchev–Trinajstić information content (AvgIpc) is 2.17. The number of rotatable bonds is 4. The first kappa shape index (κ1) is 11.8. The number of anilines is 1. The van der Waals surface area contributed by atoms with Crippen LogP contribution in [0.1, 0.15) is 19.4 Å². The molecule has 0 radical (unpaired) electrons. The quantitative estimate of drug-likeness (QED) is 0.704. The van der Waals surface area contributed by atoms with Crippen molar-refractivity contribution in [2.75, 3.05) is 18.5 Å². The molecule has 82 valence electrons. The Bertz CT molecular complexity index is 344. The minimum absolute atomic E-state index is 0.295. The number of hydrogen-bond acceptors (Lipinski definition) is 2. The lowest BCUT2D eigenvalue weighted by atomic mass is 9.95. The van der Waals surface area contributed by atoms with Crippen LogP contribution in [0.3, 0.4) is 0 Å². The van der Waals surface area contributed by atoms with Gasteiger partial charge in [-0.3, -0.25) is 0 Å². The van der Waals surface area contributed by atoms with E-state index in [2.05, 4.69) is 24.0 Å². The lowest BCUT2D eigenvalue weighted by Gasteiger charge is -2.28. The number of benzene rings is 1. The normalized spacial score (nSPS) is 11.2. The van der Waals surface area contributed by atoms with Crippen LogP contribution in [0.4, 0.5) is 5.69 Å². The molecule has 1 rings (SSSR count). The van der Waals surface area contributed by atoms with Gasteiger partial charge in [0.2, 0.25) is 0 Å². The average molecular weight is 205 g/mol.